The highest BCUT2D eigenvalue weighted by atomic mass is 19.1. The summed E-state index contributed by atoms with van der Waals surface area (Å²) in [7, 11) is 0. The van der Waals surface area contributed by atoms with Crippen molar-refractivity contribution >= 4 is 5.97 Å². The standard InChI is InChI=1S/C14H18FNO2/c15-13-7-2-1-4-11(13)9-18-14(17)12-6-3-5-10(12)8-16/h1-2,4,7,10,12H,3,5-6,8-9,16H2. The zero-order valence-corrected chi connectivity index (χ0v) is 10.3. The second kappa shape index (κ2) is 5.96. The van der Waals surface area contributed by atoms with Crippen LogP contribution >= 0.6 is 0 Å². The normalized spacial score (nSPS) is 23.0. The fourth-order valence-corrected chi connectivity index (χ4v) is 2.50. The van der Waals surface area contributed by atoms with Gasteiger partial charge < -0.3 is 10.5 Å². The summed E-state index contributed by atoms with van der Waals surface area (Å²) in [5.74, 6) is -0.474. The summed E-state index contributed by atoms with van der Waals surface area (Å²) in [6.07, 6.45) is 2.83. The van der Waals surface area contributed by atoms with E-state index in [9.17, 15) is 9.18 Å². The van der Waals surface area contributed by atoms with E-state index >= 15 is 0 Å². The molecular weight excluding hydrogens is 233 g/mol. The number of hydrogen-bond donors (Lipinski definition) is 1. The molecule has 1 fully saturated rings. The van der Waals surface area contributed by atoms with Gasteiger partial charge in [-0.2, -0.15) is 0 Å². The monoisotopic (exact) mass is 251 g/mol. The predicted molar refractivity (Wildman–Crippen MR) is 66.1 cm³/mol. The van der Waals surface area contributed by atoms with Gasteiger partial charge in [-0.05, 0) is 31.4 Å². The number of carbonyl (C=O) groups excluding carboxylic acids is 1. The molecule has 1 aromatic carbocycles. The highest BCUT2D eigenvalue weighted by Gasteiger charge is 2.33. The maximum Gasteiger partial charge on any atom is 0.309 e. The number of benzene rings is 1. The minimum absolute atomic E-state index is 0.000696. The maximum atomic E-state index is 13.3. The van der Waals surface area contributed by atoms with Crippen molar-refractivity contribution in [2.75, 3.05) is 6.54 Å². The van der Waals surface area contributed by atoms with E-state index in [2.05, 4.69) is 0 Å². The first-order chi connectivity index (χ1) is 8.72. The van der Waals surface area contributed by atoms with Gasteiger partial charge in [0.15, 0.2) is 0 Å². The lowest BCUT2D eigenvalue weighted by Gasteiger charge is -2.16. The maximum absolute atomic E-state index is 13.3. The van der Waals surface area contributed by atoms with Gasteiger partial charge >= 0.3 is 5.97 Å². The molecule has 2 unspecified atom stereocenters. The molecule has 0 aliphatic heterocycles. The van der Waals surface area contributed by atoms with Crippen LogP contribution in [0.2, 0.25) is 0 Å². The number of carbonyl (C=O) groups is 1. The van der Waals surface area contributed by atoms with Crippen LogP contribution < -0.4 is 5.73 Å². The summed E-state index contributed by atoms with van der Waals surface area (Å²) >= 11 is 0. The van der Waals surface area contributed by atoms with E-state index in [1.807, 2.05) is 0 Å². The molecule has 98 valence electrons. The first-order valence-electron chi connectivity index (χ1n) is 6.32. The van der Waals surface area contributed by atoms with E-state index in [-0.39, 0.29) is 30.2 Å². The minimum atomic E-state index is -0.341. The van der Waals surface area contributed by atoms with Crippen molar-refractivity contribution in [2.24, 2.45) is 17.6 Å². The molecule has 4 heteroatoms. The number of ether oxygens (including phenoxy) is 1. The minimum Gasteiger partial charge on any atom is -0.460 e. The zero-order valence-electron chi connectivity index (χ0n) is 10.3. The van der Waals surface area contributed by atoms with Crippen molar-refractivity contribution in [1.29, 1.82) is 0 Å². The van der Waals surface area contributed by atoms with Crippen molar-refractivity contribution in [3.63, 3.8) is 0 Å². The Hall–Kier alpha value is -1.42. The number of halogens is 1. The van der Waals surface area contributed by atoms with Crippen LogP contribution in [-0.4, -0.2) is 12.5 Å². The molecule has 0 radical (unpaired) electrons. The first-order valence-corrected chi connectivity index (χ1v) is 6.32. The van der Waals surface area contributed by atoms with Crippen LogP contribution in [0.5, 0.6) is 0 Å². The van der Waals surface area contributed by atoms with Crippen LogP contribution in [-0.2, 0) is 16.1 Å². The van der Waals surface area contributed by atoms with Gasteiger partial charge in [0.1, 0.15) is 12.4 Å². The summed E-state index contributed by atoms with van der Waals surface area (Å²) in [6, 6.07) is 6.33. The average molecular weight is 251 g/mol. The lowest BCUT2D eigenvalue weighted by molar-refractivity contribution is -0.151. The van der Waals surface area contributed by atoms with Crippen molar-refractivity contribution in [1.82, 2.24) is 0 Å². The van der Waals surface area contributed by atoms with E-state index in [0.29, 0.717) is 12.1 Å². The second-order valence-electron chi connectivity index (χ2n) is 4.73. The van der Waals surface area contributed by atoms with E-state index in [0.717, 1.165) is 19.3 Å². The Morgan fingerprint density at radius 3 is 2.89 bits per heavy atom. The van der Waals surface area contributed by atoms with E-state index in [1.165, 1.54) is 6.07 Å². The Balaban J connectivity index is 1.90. The topological polar surface area (TPSA) is 52.3 Å². The predicted octanol–water partition coefficient (Wildman–Crippen LogP) is 2.24. The molecular formula is C14H18FNO2. The van der Waals surface area contributed by atoms with E-state index in [1.54, 1.807) is 18.2 Å². The smallest absolute Gasteiger partial charge is 0.309 e. The van der Waals surface area contributed by atoms with Crippen molar-refractivity contribution in [3.05, 3.63) is 35.6 Å². The molecule has 1 aliphatic carbocycles. The second-order valence-corrected chi connectivity index (χ2v) is 4.73. The number of esters is 1. The van der Waals surface area contributed by atoms with Crippen LogP contribution in [0.1, 0.15) is 24.8 Å². The zero-order chi connectivity index (χ0) is 13.0. The Morgan fingerprint density at radius 2 is 2.17 bits per heavy atom. The largest absolute Gasteiger partial charge is 0.460 e. The summed E-state index contributed by atoms with van der Waals surface area (Å²) in [4.78, 5) is 11.9. The van der Waals surface area contributed by atoms with Crippen LogP contribution in [0, 0.1) is 17.7 Å². The molecule has 2 N–H and O–H groups in total. The van der Waals surface area contributed by atoms with Gasteiger partial charge in [0.25, 0.3) is 0 Å². The molecule has 2 rings (SSSR count). The molecule has 0 saturated heterocycles. The van der Waals surface area contributed by atoms with Gasteiger partial charge in [0, 0.05) is 5.56 Å². The van der Waals surface area contributed by atoms with Gasteiger partial charge in [0.05, 0.1) is 5.92 Å². The number of rotatable bonds is 4. The van der Waals surface area contributed by atoms with Crippen molar-refractivity contribution < 1.29 is 13.9 Å². The molecule has 0 spiro atoms. The molecule has 0 aromatic heterocycles. The van der Waals surface area contributed by atoms with Crippen LogP contribution in [0.15, 0.2) is 24.3 Å². The average Bonchev–Trinajstić information content (AvgIpc) is 2.86. The lowest BCUT2D eigenvalue weighted by Crippen LogP contribution is -2.26. The summed E-state index contributed by atoms with van der Waals surface area (Å²) in [5, 5.41) is 0. The van der Waals surface area contributed by atoms with Crippen molar-refractivity contribution in [2.45, 2.75) is 25.9 Å². The Bertz CT molecular complexity index is 422. The molecule has 0 amide bonds. The van der Waals surface area contributed by atoms with Gasteiger partial charge in [-0.15, -0.1) is 0 Å². The third-order valence-corrected chi connectivity index (χ3v) is 3.59. The molecule has 0 bridgehead atoms. The van der Waals surface area contributed by atoms with Crippen LogP contribution in [0.25, 0.3) is 0 Å². The molecule has 0 heterocycles. The van der Waals surface area contributed by atoms with E-state index < -0.39 is 0 Å². The van der Waals surface area contributed by atoms with Crippen LogP contribution in [0.3, 0.4) is 0 Å². The quantitative estimate of drug-likeness (QED) is 0.835. The van der Waals surface area contributed by atoms with Gasteiger partial charge in [-0.25, -0.2) is 4.39 Å². The third kappa shape index (κ3) is 2.88. The highest BCUT2D eigenvalue weighted by molar-refractivity contribution is 5.73. The Labute approximate surface area is 106 Å². The summed E-state index contributed by atoms with van der Waals surface area (Å²) < 4.78 is 18.5. The number of nitrogens with two attached hydrogens (primary N) is 1. The van der Waals surface area contributed by atoms with E-state index in [4.69, 9.17) is 10.5 Å². The molecule has 3 nitrogen and oxygen atoms in total. The summed E-state index contributed by atoms with van der Waals surface area (Å²) in [6.45, 7) is 0.513. The molecule has 1 saturated carbocycles. The molecule has 2 atom stereocenters. The van der Waals surface area contributed by atoms with Gasteiger partial charge in [0.2, 0.25) is 0 Å². The Kier molecular flexibility index (Phi) is 4.31. The lowest BCUT2D eigenvalue weighted by atomic mass is 9.96. The van der Waals surface area contributed by atoms with Crippen molar-refractivity contribution in [3.8, 4) is 0 Å². The van der Waals surface area contributed by atoms with Gasteiger partial charge in [-0.1, -0.05) is 24.6 Å². The molecule has 1 aliphatic rings. The molecule has 18 heavy (non-hydrogen) atoms. The first kappa shape index (κ1) is 13.0. The Morgan fingerprint density at radius 1 is 1.39 bits per heavy atom. The SMILES string of the molecule is NCC1CCCC1C(=O)OCc1ccccc1F. The fraction of sp³-hybridized carbons (Fsp3) is 0.500. The third-order valence-electron chi connectivity index (χ3n) is 3.59. The van der Waals surface area contributed by atoms with Gasteiger partial charge in [-0.3, -0.25) is 4.79 Å². The summed E-state index contributed by atoms with van der Waals surface area (Å²) in [5.41, 5.74) is 6.04. The number of hydrogen-bond acceptors (Lipinski definition) is 3. The fourth-order valence-electron chi connectivity index (χ4n) is 2.50. The molecule has 1 aromatic rings. The van der Waals surface area contributed by atoms with Crippen LogP contribution in [0.4, 0.5) is 4.39 Å². The highest BCUT2D eigenvalue weighted by Crippen LogP contribution is 2.32.